The van der Waals surface area contributed by atoms with Crippen LogP contribution < -0.4 is 9.47 Å². The lowest BCUT2D eigenvalue weighted by Gasteiger charge is -2.16. The highest BCUT2D eigenvalue weighted by molar-refractivity contribution is 5.75. The lowest BCUT2D eigenvalue weighted by Crippen LogP contribution is -2.25. The average Bonchev–Trinajstić information content (AvgIpc) is 3.38. The van der Waals surface area contributed by atoms with Gasteiger partial charge in [-0.15, -0.1) is 0 Å². The maximum absolute atomic E-state index is 14.5. The third-order valence-electron chi connectivity index (χ3n) is 5.42. The number of nitrogens with zero attached hydrogens (tertiary/aromatic N) is 3. The highest BCUT2D eigenvalue weighted by Crippen LogP contribution is 2.33. The number of ether oxygens (including phenoxy) is 3. The molecule has 3 aromatic rings. The molecule has 2 aromatic carbocycles. The first-order chi connectivity index (χ1) is 13.7. The van der Waals surface area contributed by atoms with E-state index in [4.69, 9.17) is 14.2 Å². The number of para-hydroxylation sites is 2. The van der Waals surface area contributed by atoms with Crippen molar-refractivity contribution in [3.05, 3.63) is 53.9 Å². The molecule has 7 heteroatoms. The van der Waals surface area contributed by atoms with Crippen molar-refractivity contribution >= 4 is 11.0 Å². The standard InChI is InChI=1S/C21H22FN3O3/c1-24-17-5-3-2-4-16(17)23-21(24)12-26-20-11-25(10-15(20)22)9-14-6-7-18-19(8-14)28-13-27-18/h2-8,15,20H,9-13H2,1H3/t15-,20+/m1/s1. The monoisotopic (exact) mass is 383 g/mol. The average molecular weight is 383 g/mol. The number of hydrogen-bond acceptors (Lipinski definition) is 5. The van der Waals surface area contributed by atoms with Crippen LogP contribution in [0.3, 0.4) is 0 Å². The third kappa shape index (κ3) is 3.21. The van der Waals surface area contributed by atoms with Gasteiger partial charge >= 0.3 is 0 Å². The van der Waals surface area contributed by atoms with Crippen molar-refractivity contribution in [2.24, 2.45) is 7.05 Å². The zero-order valence-corrected chi connectivity index (χ0v) is 15.7. The van der Waals surface area contributed by atoms with E-state index in [-0.39, 0.29) is 6.79 Å². The van der Waals surface area contributed by atoms with Crippen LogP contribution in [0.2, 0.25) is 0 Å². The number of imidazole rings is 1. The van der Waals surface area contributed by atoms with E-state index < -0.39 is 12.3 Å². The van der Waals surface area contributed by atoms with Gasteiger partial charge in [-0.2, -0.15) is 0 Å². The van der Waals surface area contributed by atoms with E-state index in [0.29, 0.717) is 26.2 Å². The predicted octanol–water partition coefficient (Wildman–Crippen LogP) is 3.04. The van der Waals surface area contributed by atoms with Crippen molar-refractivity contribution in [1.82, 2.24) is 14.5 Å². The van der Waals surface area contributed by atoms with Gasteiger partial charge in [0.1, 0.15) is 24.7 Å². The summed E-state index contributed by atoms with van der Waals surface area (Å²) in [5, 5.41) is 0. The molecule has 2 aliphatic heterocycles. The minimum atomic E-state index is -1.01. The Kier molecular flexibility index (Phi) is 4.41. The molecular weight excluding hydrogens is 361 g/mol. The number of alkyl halides is 1. The van der Waals surface area contributed by atoms with Crippen LogP contribution in [0.4, 0.5) is 4.39 Å². The van der Waals surface area contributed by atoms with E-state index in [1.54, 1.807) is 0 Å². The quantitative estimate of drug-likeness (QED) is 0.678. The number of rotatable bonds is 5. The highest BCUT2D eigenvalue weighted by atomic mass is 19.1. The van der Waals surface area contributed by atoms with Crippen LogP contribution in [-0.4, -0.2) is 46.6 Å². The smallest absolute Gasteiger partial charge is 0.231 e. The number of fused-ring (bicyclic) bond motifs is 2. The SMILES string of the molecule is Cn1c(CO[C@H]2CN(Cc3ccc4c(c3)OCO4)C[C@H]2F)nc2ccccc21. The molecule has 28 heavy (non-hydrogen) atoms. The summed E-state index contributed by atoms with van der Waals surface area (Å²) in [5.41, 5.74) is 3.05. The molecule has 5 rings (SSSR count). The highest BCUT2D eigenvalue weighted by Gasteiger charge is 2.34. The van der Waals surface area contributed by atoms with E-state index in [0.717, 1.165) is 33.9 Å². The molecule has 1 saturated heterocycles. The lowest BCUT2D eigenvalue weighted by atomic mass is 10.2. The van der Waals surface area contributed by atoms with Crippen molar-refractivity contribution in [3.63, 3.8) is 0 Å². The second kappa shape index (κ2) is 7.07. The fourth-order valence-corrected chi connectivity index (χ4v) is 3.90. The maximum Gasteiger partial charge on any atom is 0.231 e. The fraction of sp³-hybridized carbons (Fsp3) is 0.381. The summed E-state index contributed by atoms with van der Waals surface area (Å²) in [7, 11) is 1.96. The van der Waals surface area contributed by atoms with Crippen LogP contribution in [0.15, 0.2) is 42.5 Å². The molecule has 0 aliphatic carbocycles. The number of hydrogen-bond donors (Lipinski definition) is 0. The normalized spacial score (nSPS) is 21.6. The number of benzene rings is 2. The van der Waals surface area contributed by atoms with E-state index in [9.17, 15) is 4.39 Å². The summed E-state index contributed by atoms with van der Waals surface area (Å²) in [6, 6.07) is 13.8. The van der Waals surface area contributed by atoms with Gasteiger partial charge < -0.3 is 18.8 Å². The summed E-state index contributed by atoms with van der Waals surface area (Å²) in [6.45, 7) is 2.13. The summed E-state index contributed by atoms with van der Waals surface area (Å²) in [5.74, 6) is 2.32. The summed E-state index contributed by atoms with van der Waals surface area (Å²) in [4.78, 5) is 6.67. The van der Waals surface area contributed by atoms with Crippen LogP contribution >= 0.6 is 0 Å². The number of aryl methyl sites for hydroxylation is 1. The van der Waals surface area contributed by atoms with Gasteiger partial charge in [0.15, 0.2) is 11.5 Å². The molecule has 0 spiro atoms. The molecule has 0 radical (unpaired) electrons. The van der Waals surface area contributed by atoms with Gasteiger partial charge in [-0.3, -0.25) is 4.90 Å². The molecule has 6 nitrogen and oxygen atoms in total. The van der Waals surface area contributed by atoms with Crippen molar-refractivity contribution in [2.75, 3.05) is 19.9 Å². The van der Waals surface area contributed by atoms with E-state index in [2.05, 4.69) is 9.88 Å². The van der Waals surface area contributed by atoms with Crippen LogP contribution in [0, 0.1) is 0 Å². The molecule has 0 N–H and O–H groups in total. The van der Waals surface area contributed by atoms with Crippen LogP contribution in [-0.2, 0) is 24.9 Å². The van der Waals surface area contributed by atoms with E-state index in [1.807, 2.05) is 54.1 Å². The first-order valence-electron chi connectivity index (χ1n) is 9.44. The van der Waals surface area contributed by atoms with Crippen LogP contribution in [0.1, 0.15) is 11.4 Å². The van der Waals surface area contributed by atoms with Crippen molar-refractivity contribution in [3.8, 4) is 11.5 Å². The van der Waals surface area contributed by atoms with E-state index >= 15 is 0 Å². The molecular formula is C21H22FN3O3. The summed E-state index contributed by atoms with van der Waals surface area (Å²) in [6.07, 6.45) is -1.46. The zero-order valence-electron chi connectivity index (χ0n) is 15.7. The molecule has 0 amide bonds. The Balaban J connectivity index is 1.21. The van der Waals surface area contributed by atoms with Gasteiger partial charge in [-0.05, 0) is 29.8 Å². The number of likely N-dealkylation sites (tertiary alicyclic amines) is 1. The van der Waals surface area contributed by atoms with Gasteiger partial charge in [0.25, 0.3) is 0 Å². The second-order valence-corrected chi connectivity index (χ2v) is 7.32. The largest absolute Gasteiger partial charge is 0.454 e. The number of halogens is 1. The Bertz CT molecular complexity index is 1010. The molecule has 2 atom stereocenters. The Morgan fingerprint density at radius 1 is 1.14 bits per heavy atom. The molecule has 0 saturated carbocycles. The minimum absolute atomic E-state index is 0.257. The number of aromatic nitrogens is 2. The van der Waals surface area contributed by atoms with Gasteiger partial charge in [0, 0.05) is 26.7 Å². The van der Waals surface area contributed by atoms with Crippen molar-refractivity contribution in [1.29, 1.82) is 0 Å². The van der Waals surface area contributed by atoms with Gasteiger partial charge in [0.2, 0.25) is 6.79 Å². The molecule has 146 valence electrons. The second-order valence-electron chi connectivity index (χ2n) is 7.32. The van der Waals surface area contributed by atoms with Crippen LogP contribution in [0.25, 0.3) is 11.0 Å². The Labute approximate surface area is 162 Å². The first kappa shape index (κ1) is 17.5. The lowest BCUT2D eigenvalue weighted by molar-refractivity contribution is 0.00749. The Hall–Kier alpha value is -2.64. The molecule has 0 bridgehead atoms. The Morgan fingerprint density at radius 2 is 2.00 bits per heavy atom. The van der Waals surface area contributed by atoms with E-state index in [1.165, 1.54) is 0 Å². The molecule has 0 unspecified atom stereocenters. The molecule has 2 aliphatic rings. The Morgan fingerprint density at radius 3 is 2.89 bits per heavy atom. The summed E-state index contributed by atoms with van der Waals surface area (Å²) < 4.78 is 33.2. The molecule has 1 aromatic heterocycles. The van der Waals surface area contributed by atoms with Crippen molar-refractivity contribution in [2.45, 2.75) is 25.4 Å². The fourth-order valence-electron chi connectivity index (χ4n) is 3.90. The third-order valence-corrected chi connectivity index (χ3v) is 5.42. The minimum Gasteiger partial charge on any atom is -0.454 e. The zero-order chi connectivity index (χ0) is 19.1. The topological polar surface area (TPSA) is 48.8 Å². The molecule has 3 heterocycles. The van der Waals surface area contributed by atoms with Gasteiger partial charge in [0.05, 0.1) is 11.0 Å². The predicted molar refractivity (Wildman–Crippen MR) is 102 cm³/mol. The maximum atomic E-state index is 14.5. The van der Waals surface area contributed by atoms with Gasteiger partial charge in [-0.1, -0.05) is 18.2 Å². The van der Waals surface area contributed by atoms with Gasteiger partial charge in [-0.25, -0.2) is 9.37 Å². The summed E-state index contributed by atoms with van der Waals surface area (Å²) >= 11 is 0. The molecule has 1 fully saturated rings. The van der Waals surface area contributed by atoms with Crippen LogP contribution in [0.5, 0.6) is 11.5 Å². The first-order valence-corrected chi connectivity index (χ1v) is 9.44. The van der Waals surface area contributed by atoms with Crippen molar-refractivity contribution < 1.29 is 18.6 Å².